The lowest BCUT2D eigenvalue weighted by Gasteiger charge is -2.34. The topological polar surface area (TPSA) is 94.2 Å². The van der Waals surface area contributed by atoms with E-state index in [4.69, 9.17) is 0 Å². The molecule has 8 heteroatoms. The zero-order chi connectivity index (χ0) is 13.0. The molecule has 3 amide bonds. The third kappa shape index (κ3) is 2.58. The maximum Gasteiger partial charge on any atom is 0.317 e. The lowest BCUT2D eigenvalue weighted by atomic mass is 10.3. The molecule has 1 aromatic heterocycles. The Bertz CT molecular complexity index is 410. The van der Waals surface area contributed by atoms with Gasteiger partial charge in [-0.1, -0.05) is 0 Å². The summed E-state index contributed by atoms with van der Waals surface area (Å²) in [5.74, 6) is 0.0597. The molecule has 0 spiro atoms. The molecule has 0 radical (unpaired) electrons. The predicted octanol–water partition coefficient (Wildman–Crippen LogP) is -0.708. The first-order valence-electron chi connectivity index (χ1n) is 5.89. The quantitative estimate of drug-likeness (QED) is 0.727. The zero-order valence-electron chi connectivity index (χ0n) is 10.2. The number of carbonyl (C=O) groups is 2. The average molecular weight is 252 g/mol. The van der Waals surface area contributed by atoms with Crippen molar-refractivity contribution in [3.8, 4) is 0 Å². The van der Waals surface area contributed by atoms with Gasteiger partial charge in [-0.2, -0.15) is 5.10 Å². The van der Waals surface area contributed by atoms with Crippen molar-refractivity contribution < 1.29 is 9.59 Å². The first kappa shape index (κ1) is 12.3. The summed E-state index contributed by atoms with van der Waals surface area (Å²) in [6.07, 6.45) is 1.30. The summed E-state index contributed by atoms with van der Waals surface area (Å²) in [6, 6.07) is -0.0794. The highest BCUT2D eigenvalue weighted by Crippen LogP contribution is 2.05. The van der Waals surface area contributed by atoms with Crippen LogP contribution in [0.4, 0.5) is 4.79 Å². The second-order valence-electron chi connectivity index (χ2n) is 3.95. The molecule has 0 aromatic carbocycles. The summed E-state index contributed by atoms with van der Waals surface area (Å²) in [6.45, 7) is 4.57. The molecular formula is C10H16N6O2. The Kier molecular flexibility index (Phi) is 3.75. The van der Waals surface area contributed by atoms with Crippen LogP contribution in [0, 0.1) is 0 Å². The van der Waals surface area contributed by atoms with Crippen LogP contribution in [0.1, 0.15) is 17.5 Å². The van der Waals surface area contributed by atoms with Crippen molar-refractivity contribution >= 4 is 11.9 Å². The third-order valence-corrected chi connectivity index (χ3v) is 2.80. The molecule has 2 rings (SSSR count). The first-order valence-corrected chi connectivity index (χ1v) is 5.89. The molecule has 8 nitrogen and oxygen atoms in total. The van der Waals surface area contributed by atoms with Gasteiger partial charge in [0, 0.05) is 32.7 Å². The van der Waals surface area contributed by atoms with Crippen LogP contribution in [0.3, 0.4) is 0 Å². The lowest BCUT2D eigenvalue weighted by molar-refractivity contribution is 0.0654. The fraction of sp³-hybridized carbons (Fsp3) is 0.600. The second kappa shape index (κ2) is 5.48. The second-order valence-corrected chi connectivity index (χ2v) is 3.95. The molecule has 1 aliphatic rings. The maximum absolute atomic E-state index is 11.9. The van der Waals surface area contributed by atoms with Crippen molar-refractivity contribution in [3.05, 3.63) is 12.2 Å². The fourth-order valence-electron chi connectivity index (χ4n) is 1.83. The predicted molar refractivity (Wildman–Crippen MR) is 62.9 cm³/mol. The number of carbonyl (C=O) groups excluding carboxylic acids is 2. The summed E-state index contributed by atoms with van der Waals surface area (Å²) in [7, 11) is 0. The molecule has 18 heavy (non-hydrogen) atoms. The normalized spacial score (nSPS) is 15.6. The molecule has 0 unspecified atom stereocenters. The van der Waals surface area contributed by atoms with Crippen LogP contribution in [0.25, 0.3) is 0 Å². The molecule has 2 N–H and O–H groups in total. The molecular weight excluding hydrogens is 236 g/mol. The van der Waals surface area contributed by atoms with E-state index in [2.05, 4.69) is 20.5 Å². The summed E-state index contributed by atoms with van der Waals surface area (Å²) >= 11 is 0. The van der Waals surface area contributed by atoms with Crippen molar-refractivity contribution in [1.29, 1.82) is 0 Å². The number of amides is 3. The van der Waals surface area contributed by atoms with Crippen LogP contribution >= 0.6 is 0 Å². The van der Waals surface area contributed by atoms with E-state index < -0.39 is 0 Å². The van der Waals surface area contributed by atoms with E-state index in [9.17, 15) is 9.59 Å². The number of urea groups is 1. The third-order valence-electron chi connectivity index (χ3n) is 2.80. The van der Waals surface area contributed by atoms with Crippen LogP contribution in [0.15, 0.2) is 6.33 Å². The Hall–Kier alpha value is -2.12. The van der Waals surface area contributed by atoms with Gasteiger partial charge in [0.05, 0.1) is 0 Å². The maximum atomic E-state index is 11.9. The highest BCUT2D eigenvalue weighted by molar-refractivity contribution is 5.90. The van der Waals surface area contributed by atoms with Crippen LogP contribution in [-0.2, 0) is 0 Å². The molecule has 98 valence electrons. The zero-order valence-corrected chi connectivity index (χ0v) is 10.2. The molecule has 1 aliphatic heterocycles. The van der Waals surface area contributed by atoms with E-state index >= 15 is 0 Å². The molecule has 0 atom stereocenters. The largest absolute Gasteiger partial charge is 0.338 e. The van der Waals surface area contributed by atoms with Crippen molar-refractivity contribution in [2.45, 2.75) is 6.92 Å². The number of piperazine rings is 1. The van der Waals surface area contributed by atoms with E-state index in [0.29, 0.717) is 32.7 Å². The Morgan fingerprint density at radius 1 is 1.33 bits per heavy atom. The van der Waals surface area contributed by atoms with Gasteiger partial charge < -0.3 is 15.1 Å². The minimum atomic E-state index is -0.178. The van der Waals surface area contributed by atoms with Gasteiger partial charge in [0.15, 0.2) is 0 Å². The number of nitrogens with one attached hydrogen (secondary N) is 2. The highest BCUT2D eigenvalue weighted by Gasteiger charge is 2.25. The number of hydrogen-bond donors (Lipinski definition) is 2. The van der Waals surface area contributed by atoms with Gasteiger partial charge in [0.1, 0.15) is 6.33 Å². The van der Waals surface area contributed by atoms with Gasteiger partial charge in [-0.15, -0.1) is 0 Å². The Balaban J connectivity index is 1.87. The van der Waals surface area contributed by atoms with E-state index in [-0.39, 0.29) is 17.8 Å². The Morgan fingerprint density at radius 3 is 2.56 bits per heavy atom. The minimum Gasteiger partial charge on any atom is -0.338 e. The van der Waals surface area contributed by atoms with E-state index in [1.54, 1.807) is 9.80 Å². The van der Waals surface area contributed by atoms with Crippen LogP contribution in [-0.4, -0.2) is 69.6 Å². The SMILES string of the molecule is CCNC(=O)N1CCN(C(=O)c2ncn[nH]2)CC1. The van der Waals surface area contributed by atoms with Gasteiger partial charge in [0.2, 0.25) is 5.82 Å². The fourth-order valence-corrected chi connectivity index (χ4v) is 1.83. The smallest absolute Gasteiger partial charge is 0.317 e. The number of nitrogens with zero attached hydrogens (tertiary/aromatic N) is 4. The van der Waals surface area contributed by atoms with Crippen LogP contribution in [0.5, 0.6) is 0 Å². The van der Waals surface area contributed by atoms with Gasteiger partial charge >= 0.3 is 6.03 Å². The lowest BCUT2D eigenvalue weighted by Crippen LogP contribution is -2.53. The Labute approximate surface area is 104 Å². The molecule has 2 heterocycles. The average Bonchev–Trinajstić information content (AvgIpc) is 2.92. The van der Waals surface area contributed by atoms with E-state index in [0.717, 1.165) is 0 Å². The number of aromatic amines is 1. The molecule has 0 saturated carbocycles. The van der Waals surface area contributed by atoms with Gasteiger partial charge in [-0.05, 0) is 6.92 Å². The molecule has 1 fully saturated rings. The summed E-state index contributed by atoms with van der Waals surface area (Å²) < 4.78 is 0. The molecule has 0 bridgehead atoms. The van der Waals surface area contributed by atoms with Crippen molar-refractivity contribution in [2.75, 3.05) is 32.7 Å². The molecule has 1 aromatic rings. The van der Waals surface area contributed by atoms with E-state index in [1.165, 1.54) is 6.33 Å². The number of hydrogen-bond acceptors (Lipinski definition) is 4. The summed E-state index contributed by atoms with van der Waals surface area (Å²) in [5.41, 5.74) is 0. The Morgan fingerprint density at radius 2 is 2.00 bits per heavy atom. The number of rotatable bonds is 2. The molecule has 1 saturated heterocycles. The van der Waals surface area contributed by atoms with E-state index in [1.807, 2.05) is 6.92 Å². The minimum absolute atomic E-state index is 0.0794. The van der Waals surface area contributed by atoms with Crippen molar-refractivity contribution in [1.82, 2.24) is 30.3 Å². The van der Waals surface area contributed by atoms with Gasteiger partial charge in [-0.3, -0.25) is 9.89 Å². The monoisotopic (exact) mass is 252 g/mol. The van der Waals surface area contributed by atoms with Crippen LogP contribution in [0.2, 0.25) is 0 Å². The molecule has 0 aliphatic carbocycles. The van der Waals surface area contributed by atoms with Crippen LogP contribution < -0.4 is 5.32 Å². The number of H-pyrrole nitrogens is 1. The number of aromatic nitrogens is 3. The standard InChI is InChI=1S/C10H16N6O2/c1-2-11-10(18)16-5-3-15(4-6-16)9(17)8-12-7-13-14-8/h7H,2-6H2,1H3,(H,11,18)(H,12,13,14). The van der Waals surface area contributed by atoms with Crippen molar-refractivity contribution in [2.24, 2.45) is 0 Å². The van der Waals surface area contributed by atoms with Gasteiger partial charge in [-0.25, -0.2) is 9.78 Å². The van der Waals surface area contributed by atoms with Crippen molar-refractivity contribution in [3.63, 3.8) is 0 Å². The highest BCUT2D eigenvalue weighted by atomic mass is 16.2. The first-order chi connectivity index (χ1) is 8.72. The summed E-state index contributed by atoms with van der Waals surface area (Å²) in [4.78, 5) is 30.7. The summed E-state index contributed by atoms with van der Waals surface area (Å²) in [5, 5.41) is 8.93. The van der Waals surface area contributed by atoms with Gasteiger partial charge in [0.25, 0.3) is 5.91 Å².